The van der Waals surface area contributed by atoms with Crippen LogP contribution in [0.15, 0.2) is 130 Å². The Balaban J connectivity index is 1.60. The van der Waals surface area contributed by atoms with Gasteiger partial charge in [-0.15, -0.1) is 0 Å². The van der Waals surface area contributed by atoms with Crippen molar-refractivity contribution in [2.24, 2.45) is 2.94 Å². The van der Waals surface area contributed by atoms with Crippen LogP contribution in [0.25, 0.3) is 0 Å². The molecule has 1 aliphatic rings. The molecule has 1 aliphatic heterocycles. The normalized spacial score (nSPS) is 14.3. The van der Waals surface area contributed by atoms with Crippen LogP contribution in [0.3, 0.4) is 0 Å². The third-order valence-corrected chi connectivity index (χ3v) is 18.3. The Morgan fingerprint density at radius 3 is 1.53 bits per heavy atom. The Morgan fingerprint density at radius 2 is 1.04 bits per heavy atom. The van der Waals surface area contributed by atoms with Gasteiger partial charge in [0.2, 0.25) is 0 Å². The molecule has 0 atom stereocenters. The first-order valence-electron chi connectivity index (χ1n) is 15.9. The fourth-order valence-corrected chi connectivity index (χ4v) is 17.5. The van der Waals surface area contributed by atoms with E-state index >= 15 is 0 Å². The van der Waals surface area contributed by atoms with Crippen LogP contribution in [0, 0.1) is 20.8 Å². The average molecular weight is 673 g/mol. The Hall–Kier alpha value is -3.95. The molecule has 0 radical (unpaired) electrons. The molecule has 0 amide bonds. The summed E-state index contributed by atoms with van der Waals surface area (Å²) in [6.07, 6.45) is 0. The second kappa shape index (κ2) is 14.0. The van der Waals surface area contributed by atoms with Crippen molar-refractivity contribution < 1.29 is 25.3 Å². The molecule has 1 heterocycles. The zero-order chi connectivity index (χ0) is 31.2. The Labute approximate surface area is 273 Å². The van der Waals surface area contributed by atoms with Crippen molar-refractivity contribution in [1.29, 1.82) is 0 Å². The van der Waals surface area contributed by atoms with Crippen LogP contribution in [0.4, 0.5) is 11.4 Å². The van der Waals surface area contributed by atoms with Crippen molar-refractivity contribution >= 4 is 17.3 Å². The van der Waals surface area contributed by atoms with Gasteiger partial charge < -0.3 is 0 Å². The standard InChI is InChI=1S/C19H22N3O.3C7H7.Zr/c1-13-11-14(2)18(15(3)12-13)22-10-9-21(19(22)20)16-7-5-6-8-17(16)23-4;3*1-7-5-3-2-4-6-7;/h5-8,11-12H,9-10H2,1-4H3;3*2-6H,1H2;/q-1;;;;+1. The van der Waals surface area contributed by atoms with Crippen molar-refractivity contribution in [1.82, 2.24) is 0 Å². The third kappa shape index (κ3) is 7.15. The van der Waals surface area contributed by atoms with Gasteiger partial charge in [0.25, 0.3) is 0 Å². The number of hydrogen-bond donors (Lipinski definition) is 0. The fourth-order valence-electron chi connectivity index (χ4n) is 7.00. The van der Waals surface area contributed by atoms with Crippen molar-refractivity contribution in [3.05, 3.63) is 161 Å². The van der Waals surface area contributed by atoms with E-state index < -0.39 is 20.6 Å². The zero-order valence-electron chi connectivity index (χ0n) is 26.9. The van der Waals surface area contributed by atoms with Gasteiger partial charge in [-0.1, -0.05) is 0 Å². The van der Waals surface area contributed by atoms with Gasteiger partial charge in [-0.25, -0.2) is 0 Å². The summed E-state index contributed by atoms with van der Waals surface area (Å²) < 4.78 is 15.2. The summed E-state index contributed by atoms with van der Waals surface area (Å²) in [5.41, 5.74) is 10.3. The Kier molecular flexibility index (Phi) is 9.66. The van der Waals surface area contributed by atoms with Gasteiger partial charge in [-0.2, -0.15) is 0 Å². The van der Waals surface area contributed by atoms with Crippen LogP contribution in [0.5, 0.6) is 5.75 Å². The van der Waals surface area contributed by atoms with Crippen LogP contribution >= 0.6 is 0 Å². The molecular weight excluding hydrogens is 630 g/mol. The number of hydrogen-bond acceptors (Lipinski definition) is 2. The predicted octanol–water partition coefficient (Wildman–Crippen LogP) is 8.97. The quantitative estimate of drug-likeness (QED) is 0.148. The molecule has 5 aromatic carbocycles. The number of anilines is 2. The van der Waals surface area contributed by atoms with E-state index in [9.17, 15) is 0 Å². The molecule has 0 aromatic heterocycles. The SMILES string of the molecule is COc1ccccc1N1CCN(c2c(C)cc(C)cc2C)/C1=[N]\[Zr]([CH2]c1ccccc1)([CH2]c1ccccc1)[CH2]c1ccccc1. The molecule has 5 heteroatoms. The molecule has 0 saturated carbocycles. The first-order chi connectivity index (χ1) is 21.9. The van der Waals surface area contributed by atoms with Gasteiger partial charge in [0.05, 0.1) is 0 Å². The van der Waals surface area contributed by atoms with Crippen LogP contribution in [-0.2, 0) is 32.9 Å². The monoisotopic (exact) mass is 671 g/mol. The second-order valence-electron chi connectivity index (χ2n) is 12.3. The van der Waals surface area contributed by atoms with Crippen molar-refractivity contribution in [3.8, 4) is 5.75 Å². The van der Waals surface area contributed by atoms with E-state index in [4.69, 9.17) is 7.67 Å². The summed E-state index contributed by atoms with van der Waals surface area (Å²) >= 11 is -3.61. The molecule has 45 heavy (non-hydrogen) atoms. The van der Waals surface area contributed by atoms with E-state index in [1.165, 1.54) is 39.1 Å². The number of rotatable bonds is 10. The number of benzene rings is 5. The number of para-hydroxylation sites is 2. The number of guanidine groups is 1. The zero-order valence-corrected chi connectivity index (χ0v) is 29.4. The first kappa shape index (κ1) is 31.1. The maximum atomic E-state index is 6.21. The van der Waals surface area contributed by atoms with Gasteiger partial charge in [-0.05, 0) is 0 Å². The molecule has 6 rings (SSSR count). The molecule has 0 spiro atoms. The Morgan fingerprint density at radius 1 is 0.600 bits per heavy atom. The minimum atomic E-state index is -3.61. The van der Waals surface area contributed by atoms with E-state index in [2.05, 4.69) is 152 Å². The number of aryl methyl sites for hydroxylation is 3. The van der Waals surface area contributed by atoms with Crippen molar-refractivity contribution in [2.45, 2.75) is 33.2 Å². The van der Waals surface area contributed by atoms with E-state index in [-0.39, 0.29) is 0 Å². The fraction of sp³-hybridized carbons (Fsp3) is 0.225. The first-order valence-corrected chi connectivity index (χ1v) is 22.2. The van der Waals surface area contributed by atoms with Gasteiger partial charge in [0.15, 0.2) is 0 Å². The van der Waals surface area contributed by atoms with E-state index in [1.807, 2.05) is 6.07 Å². The van der Waals surface area contributed by atoms with Gasteiger partial charge in [-0.3, -0.25) is 0 Å². The number of methoxy groups -OCH3 is 1. The molecule has 5 aromatic rings. The molecule has 228 valence electrons. The van der Waals surface area contributed by atoms with Crippen LogP contribution in [-0.4, -0.2) is 26.2 Å². The van der Waals surface area contributed by atoms with E-state index in [0.717, 1.165) is 42.9 Å². The predicted molar refractivity (Wildman–Crippen MR) is 186 cm³/mol. The van der Waals surface area contributed by atoms with Gasteiger partial charge >= 0.3 is 275 Å². The molecule has 1 saturated heterocycles. The Bertz CT molecular complexity index is 1630. The van der Waals surface area contributed by atoms with Crippen LogP contribution in [0.2, 0.25) is 0 Å². The summed E-state index contributed by atoms with van der Waals surface area (Å²) in [4.78, 5) is 4.92. The summed E-state index contributed by atoms with van der Waals surface area (Å²) in [6.45, 7) is 8.38. The molecule has 0 bridgehead atoms. The summed E-state index contributed by atoms with van der Waals surface area (Å²) in [5.74, 6) is 1.94. The number of ether oxygens (including phenoxy) is 1. The molecule has 0 aliphatic carbocycles. The summed E-state index contributed by atoms with van der Waals surface area (Å²) in [5, 5.41) is 0. The molecular formula is C40H43N3OZr. The summed E-state index contributed by atoms with van der Waals surface area (Å²) in [6, 6.07) is 46.1. The third-order valence-electron chi connectivity index (χ3n) is 8.78. The summed E-state index contributed by atoms with van der Waals surface area (Å²) in [7, 11) is 1.77. The van der Waals surface area contributed by atoms with Crippen LogP contribution in [0.1, 0.15) is 33.4 Å². The van der Waals surface area contributed by atoms with Gasteiger partial charge in [0.1, 0.15) is 0 Å². The molecule has 4 nitrogen and oxygen atoms in total. The minimum absolute atomic E-state index is 0.843. The average Bonchev–Trinajstić information content (AvgIpc) is 3.44. The van der Waals surface area contributed by atoms with E-state index in [1.54, 1.807) is 7.11 Å². The topological polar surface area (TPSA) is 28.1 Å². The second-order valence-corrected chi connectivity index (χ2v) is 21.5. The van der Waals surface area contributed by atoms with Crippen molar-refractivity contribution in [3.63, 3.8) is 0 Å². The molecule has 1 fully saturated rings. The van der Waals surface area contributed by atoms with Crippen molar-refractivity contribution in [2.75, 3.05) is 30.0 Å². The van der Waals surface area contributed by atoms with Gasteiger partial charge in [0, 0.05) is 0 Å². The molecule has 0 unspecified atom stereocenters. The number of nitrogens with zero attached hydrogens (tertiary/aromatic N) is 3. The van der Waals surface area contributed by atoms with Crippen LogP contribution < -0.4 is 14.5 Å². The van der Waals surface area contributed by atoms with E-state index in [0.29, 0.717) is 0 Å². The molecule has 0 N–H and O–H groups in total. The maximum absolute atomic E-state index is 6.21.